The monoisotopic (exact) mass is 505 g/mol. The van der Waals surface area contributed by atoms with Gasteiger partial charge in [0, 0.05) is 30.4 Å². The summed E-state index contributed by atoms with van der Waals surface area (Å²) in [6.45, 7) is 3.35. The van der Waals surface area contributed by atoms with Crippen molar-refractivity contribution in [1.29, 1.82) is 0 Å². The minimum absolute atomic E-state index is 0.0675. The average molecular weight is 506 g/mol. The van der Waals surface area contributed by atoms with Crippen LogP contribution in [0.1, 0.15) is 30.5 Å². The van der Waals surface area contributed by atoms with Crippen LogP contribution in [0, 0.1) is 6.92 Å². The fourth-order valence-electron chi connectivity index (χ4n) is 4.74. The predicted octanol–water partition coefficient (Wildman–Crippen LogP) is 5.29. The lowest BCUT2D eigenvalue weighted by Gasteiger charge is -2.50. The zero-order chi connectivity index (χ0) is 25.3. The fraction of sp³-hybridized carbons (Fsp3) is 0.370. The van der Waals surface area contributed by atoms with E-state index in [2.05, 4.69) is 68.5 Å². The summed E-state index contributed by atoms with van der Waals surface area (Å²) < 4.78 is 7.81. The maximum atomic E-state index is 6.30. The number of aryl methyl sites for hydroxylation is 1. The van der Waals surface area contributed by atoms with E-state index >= 15 is 0 Å². The van der Waals surface area contributed by atoms with Gasteiger partial charge in [0.25, 0.3) is 5.78 Å². The number of nitrogens with one attached hydrogen (secondary N) is 1. The first-order chi connectivity index (χ1) is 17.4. The molecule has 1 fully saturated rings. The Hall–Kier alpha value is -3.36. The van der Waals surface area contributed by atoms with Crippen molar-refractivity contribution in [2.45, 2.75) is 31.7 Å². The number of anilines is 3. The fourth-order valence-corrected chi connectivity index (χ4v) is 4.91. The molecule has 5 rings (SSSR count). The minimum atomic E-state index is -0.0675. The number of hydrogen-bond acceptors (Lipinski definition) is 7. The third kappa shape index (κ3) is 4.70. The Balaban J connectivity index is 1.48. The molecule has 0 bridgehead atoms. The first kappa shape index (κ1) is 24.3. The van der Waals surface area contributed by atoms with Crippen molar-refractivity contribution in [2.24, 2.45) is 0 Å². The van der Waals surface area contributed by atoms with Crippen LogP contribution in [0.2, 0.25) is 5.02 Å². The summed E-state index contributed by atoms with van der Waals surface area (Å²) >= 11 is 6.30. The number of hydrogen-bond donors (Lipinski definition) is 1. The third-order valence-corrected chi connectivity index (χ3v) is 7.12. The van der Waals surface area contributed by atoms with E-state index in [0.29, 0.717) is 34.8 Å². The molecule has 2 heterocycles. The van der Waals surface area contributed by atoms with Gasteiger partial charge in [-0.3, -0.25) is 0 Å². The Labute approximate surface area is 216 Å². The van der Waals surface area contributed by atoms with Crippen molar-refractivity contribution >= 4 is 34.8 Å². The summed E-state index contributed by atoms with van der Waals surface area (Å²) in [5.74, 6) is 2.62. The topological polar surface area (TPSA) is 70.8 Å². The Bertz CT molecular complexity index is 1350. The predicted molar refractivity (Wildman–Crippen MR) is 145 cm³/mol. The number of ether oxygens (including phenoxy) is 1. The van der Waals surface area contributed by atoms with E-state index in [1.54, 1.807) is 0 Å². The molecule has 0 amide bonds. The molecule has 1 aliphatic carbocycles. The number of fused-ring (bicyclic) bond motifs is 1. The van der Waals surface area contributed by atoms with E-state index in [9.17, 15) is 0 Å². The van der Waals surface area contributed by atoms with Gasteiger partial charge in [-0.05, 0) is 64.0 Å². The number of benzene rings is 2. The van der Waals surface area contributed by atoms with E-state index in [1.165, 1.54) is 12.0 Å². The molecule has 0 radical (unpaired) electrons. The zero-order valence-corrected chi connectivity index (χ0v) is 22.0. The first-order valence-corrected chi connectivity index (χ1v) is 12.6. The van der Waals surface area contributed by atoms with Gasteiger partial charge in [-0.25, -0.2) is 4.98 Å². The molecule has 36 heavy (non-hydrogen) atoms. The lowest BCUT2D eigenvalue weighted by atomic mass is 9.70. The van der Waals surface area contributed by atoms with Crippen molar-refractivity contribution < 1.29 is 4.74 Å². The maximum Gasteiger partial charge on any atom is 0.256 e. The van der Waals surface area contributed by atoms with Gasteiger partial charge in [0.05, 0.1) is 11.2 Å². The molecule has 1 N–H and O–H groups in total. The molecular formula is C27H32ClN7O. The molecular weight excluding hydrogens is 474 g/mol. The van der Waals surface area contributed by atoms with Crippen LogP contribution in [0.5, 0.6) is 5.75 Å². The van der Waals surface area contributed by atoms with Gasteiger partial charge in [-0.1, -0.05) is 41.9 Å². The molecule has 2 aromatic heterocycles. The Morgan fingerprint density at radius 2 is 1.83 bits per heavy atom. The Morgan fingerprint density at radius 1 is 1.06 bits per heavy atom. The molecule has 0 atom stereocenters. The largest absolute Gasteiger partial charge is 0.490 e. The summed E-state index contributed by atoms with van der Waals surface area (Å²) in [5, 5.41) is 8.70. The molecule has 2 aromatic carbocycles. The Morgan fingerprint density at radius 3 is 2.53 bits per heavy atom. The third-order valence-electron chi connectivity index (χ3n) is 6.88. The minimum Gasteiger partial charge on any atom is -0.490 e. The summed E-state index contributed by atoms with van der Waals surface area (Å²) in [6.07, 6.45) is 3.38. The van der Waals surface area contributed by atoms with Crippen LogP contribution in [0.15, 0.2) is 54.6 Å². The number of rotatable bonds is 9. The van der Waals surface area contributed by atoms with Crippen LogP contribution >= 0.6 is 11.6 Å². The van der Waals surface area contributed by atoms with Crippen LogP contribution < -0.4 is 15.0 Å². The van der Waals surface area contributed by atoms with Gasteiger partial charge >= 0.3 is 0 Å². The summed E-state index contributed by atoms with van der Waals surface area (Å²) in [6, 6.07) is 18.3. The molecule has 8 nitrogen and oxygen atoms in total. The van der Waals surface area contributed by atoms with Crippen molar-refractivity contribution in [3.8, 4) is 5.75 Å². The lowest BCUT2D eigenvalue weighted by molar-refractivity contribution is 0.239. The SMILES string of the molecule is Cc1cc(N(C)C2(c3ccccc3)CCC2)n2nc(Nc3cc(Cl)ccc3OCCN(C)C)nc2n1. The van der Waals surface area contributed by atoms with E-state index in [0.717, 1.165) is 30.9 Å². The van der Waals surface area contributed by atoms with E-state index in [4.69, 9.17) is 21.4 Å². The quantitative estimate of drug-likeness (QED) is 0.331. The van der Waals surface area contributed by atoms with Gasteiger partial charge in [0.1, 0.15) is 18.2 Å². The number of aromatic nitrogens is 4. The van der Waals surface area contributed by atoms with Crippen molar-refractivity contribution in [3.05, 3.63) is 70.9 Å². The summed E-state index contributed by atoms with van der Waals surface area (Å²) in [4.78, 5) is 13.7. The van der Waals surface area contributed by atoms with Crippen molar-refractivity contribution in [2.75, 3.05) is 44.5 Å². The van der Waals surface area contributed by atoms with Crippen LogP contribution in [-0.4, -0.2) is 58.8 Å². The lowest BCUT2D eigenvalue weighted by Crippen LogP contribution is -2.50. The second-order valence-corrected chi connectivity index (χ2v) is 10.1. The van der Waals surface area contributed by atoms with Crippen LogP contribution in [0.4, 0.5) is 17.5 Å². The molecule has 1 aliphatic rings. The van der Waals surface area contributed by atoms with Gasteiger partial charge in [0.15, 0.2) is 0 Å². The molecule has 0 spiro atoms. The molecule has 0 aliphatic heterocycles. The van der Waals surface area contributed by atoms with Crippen LogP contribution in [0.25, 0.3) is 5.78 Å². The second-order valence-electron chi connectivity index (χ2n) is 9.63. The number of nitrogens with zero attached hydrogens (tertiary/aromatic N) is 6. The second kappa shape index (κ2) is 9.95. The zero-order valence-electron chi connectivity index (χ0n) is 21.2. The molecule has 9 heteroatoms. The molecule has 188 valence electrons. The van der Waals surface area contributed by atoms with E-state index in [1.807, 2.05) is 43.7 Å². The maximum absolute atomic E-state index is 6.30. The van der Waals surface area contributed by atoms with Gasteiger partial charge < -0.3 is 19.9 Å². The highest BCUT2D eigenvalue weighted by Crippen LogP contribution is 2.47. The average Bonchev–Trinajstić information content (AvgIpc) is 3.21. The van der Waals surface area contributed by atoms with Crippen molar-refractivity contribution in [3.63, 3.8) is 0 Å². The van der Waals surface area contributed by atoms with E-state index < -0.39 is 0 Å². The molecule has 1 saturated carbocycles. The van der Waals surface area contributed by atoms with Gasteiger partial charge in [-0.2, -0.15) is 9.50 Å². The standard InChI is InChI=1S/C27H32ClN7O/c1-19-17-24(34(4)27(13-8-14-27)20-9-6-5-7-10-20)35-26(29-19)31-25(32-35)30-22-18-21(28)11-12-23(22)36-16-15-33(2)3/h5-7,9-12,17-18H,8,13-16H2,1-4H3,(H,30,32). The number of likely N-dealkylation sites (N-methyl/N-ethyl adjacent to an activating group) is 1. The Kier molecular flexibility index (Phi) is 6.73. The van der Waals surface area contributed by atoms with Crippen LogP contribution in [-0.2, 0) is 5.54 Å². The highest BCUT2D eigenvalue weighted by atomic mass is 35.5. The van der Waals surface area contributed by atoms with Gasteiger partial charge in [-0.15, -0.1) is 5.10 Å². The molecule has 0 unspecified atom stereocenters. The summed E-state index contributed by atoms with van der Waals surface area (Å²) in [5.41, 5.74) is 2.85. The van der Waals surface area contributed by atoms with Crippen molar-refractivity contribution in [1.82, 2.24) is 24.5 Å². The van der Waals surface area contributed by atoms with Crippen LogP contribution in [0.3, 0.4) is 0 Å². The smallest absolute Gasteiger partial charge is 0.256 e. The highest BCUT2D eigenvalue weighted by molar-refractivity contribution is 6.31. The highest BCUT2D eigenvalue weighted by Gasteiger charge is 2.43. The van der Waals surface area contributed by atoms with Gasteiger partial charge in [0.2, 0.25) is 5.95 Å². The molecule has 4 aromatic rings. The first-order valence-electron chi connectivity index (χ1n) is 12.2. The normalized spacial score (nSPS) is 14.6. The summed E-state index contributed by atoms with van der Waals surface area (Å²) in [7, 11) is 6.17. The number of halogens is 1. The van der Waals surface area contributed by atoms with E-state index in [-0.39, 0.29) is 5.54 Å². The molecule has 0 saturated heterocycles.